The zero-order valence-electron chi connectivity index (χ0n) is 16.0. The molecule has 30 heavy (non-hydrogen) atoms. The fourth-order valence-electron chi connectivity index (χ4n) is 3.55. The van der Waals surface area contributed by atoms with Crippen molar-refractivity contribution in [3.8, 4) is 10.4 Å². The molecule has 0 fully saturated rings. The van der Waals surface area contributed by atoms with Crippen molar-refractivity contribution in [2.24, 2.45) is 7.05 Å². The number of thiophene rings is 1. The molecule has 152 valence electrons. The lowest BCUT2D eigenvalue weighted by Gasteiger charge is -2.10. The standard InChI is InChI=1S/C20H16ClN5O2S2/c1-11-19(20(21)26(2)24-11)30(27,28)25-14-7-13-10-22-23-18(13)15(9-14)17-8-12-5-3-4-6-16(12)29-17/h3-10,25H,1-2H3,(H,22,23). The summed E-state index contributed by atoms with van der Waals surface area (Å²) in [6, 6.07) is 13.8. The number of benzene rings is 2. The van der Waals surface area contributed by atoms with Gasteiger partial charge in [0, 0.05) is 27.6 Å². The quantitative estimate of drug-likeness (QED) is 0.399. The van der Waals surface area contributed by atoms with Crippen LogP contribution in [0.3, 0.4) is 0 Å². The molecule has 0 aliphatic carbocycles. The van der Waals surface area contributed by atoms with Crippen molar-refractivity contribution in [3.63, 3.8) is 0 Å². The monoisotopic (exact) mass is 457 g/mol. The molecule has 0 saturated carbocycles. The SMILES string of the molecule is Cc1nn(C)c(Cl)c1S(=O)(=O)Nc1cc(-c2cc3ccccc3s2)c2[nH]ncc2c1. The Morgan fingerprint density at radius 3 is 2.70 bits per heavy atom. The number of fused-ring (bicyclic) bond motifs is 2. The third-order valence-electron chi connectivity index (χ3n) is 4.86. The summed E-state index contributed by atoms with van der Waals surface area (Å²) in [4.78, 5) is 0.990. The fraction of sp³-hybridized carbons (Fsp3) is 0.100. The second kappa shape index (κ2) is 6.83. The normalized spacial score (nSPS) is 12.1. The molecule has 0 saturated heterocycles. The minimum absolute atomic E-state index is 0.0256. The maximum Gasteiger partial charge on any atom is 0.266 e. The first kappa shape index (κ1) is 19.1. The summed E-state index contributed by atoms with van der Waals surface area (Å²) >= 11 is 7.82. The van der Waals surface area contributed by atoms with Crippen LogP contribution < -0.4 is 4.72 Å². The van der Waals surface area contributed by atoms with Crippen molar-refractivity contribution in [2.45, 2.75) is 11.8 Å². The van der Waals surface area contributed by atoms with Crippen molar-refractivity contribution in [1.29, 1.82) is 0 Å². The van der Waals surface area contributed by atoms with Gasteiger partial charge in [0.1, 0.15) is 10.0 Å². The van der Waals surface area contributed by atoms with E-state index in [4.69, 9.17) is 11.6 Å². The van der Waals surface area contributed by atoms with Gasteiger partial charge in [0.15, 0.2) is 0 Å². The molecular weight excluding hydrogens is 442 g/mol. The van der Waals surface area contributed by atoms with E-state index >= 15 is 0 Å². The molecule has 5 rings (SSSR count). The summed E-state index contributed by atoms with van der Waals surface area (Å²) in [6.07, 6.45) is 1.67. The third kappa shape index (κ3) is 3.06. The van der Waals surface area contributed by atoms with Crippen LogP contribution >= 0.6 is 22.9 Å². The van der Waals surface area contributed by atoms with Crippen molar-refractivity contribution in [1.82, 2.24) is 20.0 Å². The van der Waals surface area contributed by atoms with Gasteiger partial charge in [-0.1, -0.05) is 29.8 Å². The number of halogens is 1. The maximum atomic E-state index is 13.0. The van der Waals surface area contributed by atoms with Gasteiger partial charge in [-0.3, -0.25) is 14.5 Å². The summed E-state index contributed by atoms with van der Waals surface area (Å²) in [6.45, 7) is 1.61. The lowest BCUT2D eigenvalue weighted by molar-refractivity contribution is 0.600. The zero-order chi connectivity index (χ0) is 21.0. The van der Waals surface area contributed by atoms with Crippen LogP contribution in [0, 0.1) is 6.92 Å². The van der Waals surface area contributed by atoms with Crippen LogP contribution in [0.1, 0.15) is 5.69 Å². The first-order chi connectivity index (χ1) is 14.3. The van der Waals surface area contributed by atoms with E-state index in [1.54, 1.807) is 37.6 Å². The minimum Gasteiger partial charge on any atom is -0.279 e. The molecule has 0 atom stereocenters. The van der Waals surface area contributed by atoms with Crippen LogP contribution in [0.2, 0.25) is 5.15 Å². The van der Waals surface area contributed by atoms with Gasteiger partial charge >= 0.3 is 0 Å². The number of aromatic nitrogens is 4. The highest BCUT2D eigenvalue weighted by Crippen LogP contribution is 2.38. The Bertz CT molecular complexity index is 1500. The number of H-pyrrole nitrogens is 1. The highest BCUT2D eigenvalue weighted by Gasteiger charge is 2.26. The average molecular weight is 458 g/mol. The van der Waals surface area contributed by atoms with Crippen LogP contribution in [-0.4, -0.2) is 28.4 Å². The van der Waals surface area contributed by atoms with Crippen LogP contribution in [-0.2, 0) is 17.1 Å². The Morgan fingerprint density at radius 1 is 1.17 bits per heavy atom. The molecule has 10 heteroatoms. The smallest absolute Gasteiger partial charge is 0.266 e. The Hall–Kier alpha value is -2.88. The number of rotatable bonds is 4. The molecule has 0 spiro atoms. The summed E-state index contributed by atoms with van der Waals surface area (Å²) in [5.41, 5.74) is 2.48. The summed E-state index contributed by atoms with van der Waals surface area (Å²) in [5, 5.41) is 13.3. The van der Waals surface area contributed by atoms with Gasteiger partial charge in [-0.05, 0) is 36.6 Å². The number of sulfonamides is 1. The largest absolute Gasteiger partial charge is 0.279 e. The molecule has 3 aromatic heterocycles. The second-order valence-electron chi connectivity index (χ2n) is 6.94. The summed E-state index contributed by atoms with van der Waals surface area (Å²) in [7, 11) is -2.32. The van der Waals surface area contributed by atoms with Gasteiger partial charge in [-0.2, -0.15) is 10.2 Å². The molecule has 2 N–H and O–H groups in total. The molecule has 0 aliphatic heterocycles. The number of anilines is 1. The Kier molecular flexibility index (Phi) is 4.35. The van der Waals surface area contributed by atoms with E-state index in [9.17, 15) is 8.42 Å². The summed E-state index contributed by atoms with van der Waals surface area (Å²) in [5.74, 6) is 0. The van der Waals surface area contributed by atoms with Crippen molar-refractivity contribution < 1.29 is 8.42 Å². The van der Waals surface area contributed by atoms with E-state index in [0.29, 0.717) is 11.4 Å². The van der Waals surface area contributed by atoms with Gasteiger partial charge in [-0.15, -0.1) is 11.3 Å². The van der Waals surface area contributed by atoms with E-state index in [1.165, 1.54) is 4.68 Å². The van der Waals surface area contributed by atoms with Gasteiger partial charge in [0.25, 0.3) is 10.0 Å². The predicted octanol–water partition coefficient (Wildman–Crippen LogP) is 4.94. The number of nitrogens with one attached hydrogen (secondary N) is 2. The van der Waals surface area contributed by atoms with Crippen LogP contribution in [0.5, 0.6) is 0 Å². The molecule has 5 aromatic rings. The van der Waals surface area contributed by atoms with Crippen LogP contribution in [0.15, 0.2) is 53.6 Å². The average Bonchev–Trinajstić information content (AvgIpc) is 3.38. The Morgan fingerprint density at radius 2 is 1.97 bits per heavy atom. The number of hydrogen-bond donors (Lipinski definition) is 2. The van der Waals surface area contributed by atoms with E-state index in [2.05, 4.69) is 38.2 Å². The molecule has 2 aromatic carbocycles. The van der Waals surface area contributed by atoms with E-state index in [0.717, 1.165) is 31.4 Å². The molecule has 0 radical (unpaired) electrons. The zero-order valence-corrected chi connectivity index (χ0v) is 18.4. The molecule has 0 aliphatic rings. The third-order valence-corrected chi connectivity index (χ3v) is 8.09. The van der Waals surface area contributed by atoms with E-state index in [1.807, 2.05) is 18.2 Å². The van der Waals surface area contributed by atoms with Gasteiger partial charge in [-0.25, -0.2) is 8.42 Å². The molecule has 0 amide bonds. The van der Waals surface area contributed by atoms with Crippen molar-refractivity contribution in [2.75, 3.05) is 4.72 Å². The molecule has 0 unspecified atom stereocenters. The van der Waals surface area contributed by atoms with Gasteiger partial charge < -0.3 is 0 Å². The minimum atomic E-state index is -3.92. The Balaban J connectivity index is 1.64. The lowest BCUT2D eigenvalue weighted by Crippen LogP contribution is -2.14. The van der Waals surface area contributed by atoms with Crippen LogP contribution in [0.4, 0.5) is 5.69 Å². The molecular formula is C20H16ClN5O2S2. The van der Waals surface area contributed by atoms with Crippen molar-refractivity contribution in [3.05, 3.63) is 59.5 Å². The number of nitrogens with zero attached hydrogens (tertiary/aromatic N) is 3. The highest BCUT2D eigenvalue weighted by molar-refractivity contribution is 7.92. The van der Waals surface area contributed by atoms with Gasteiger partial charge in [0.2, 0.25) is 0 Å². The van der Waals surface area contributed by atoms with E-state index in [-0.39, 0.29) is 10.0 Å². The number of aryl methyl sites for hydroxylation is 2. The lowest BCUT2D eigenvalue weighted by atomic mass is 10.1. The number of hydrogen-bond acceptors (Lipinski definition) is 5. The molecule has 0 bridgehead atoms. The Labute approximate surface area is 181 Å². The molecule has 3 heterocycles. The van der Waals surface area contributed by atoms with Crippen LogP contribution in [0.25, 0.3) is 31.4 Å². The maximum absolute atomic E-state index is 13.0. The second-order valence-corrected chi connectivity index (χ2v) is 10.0. The highest BCUT2D eigenvalue weighted by atomic mass is 35.5. The first-order valence-corrected chi connectivity index (χ1v) is 11.7. The first-order valence-electron chi connectivity index (χ1n) is 9.01. The van der Waals surface area contributed by atoms with E-state index < -0.39 is 10.0 Å². The van der Waals surface area contributed by atoms with Crippen molar-refractivity contribution >= 4 is 59.6 Å². The van der Waals surface area contributed by atoms with Gasteiger partial charge in [0.05, 0.1) is 23.1 Å². The fourth-order valence-corrected chi connectivity index (χ4v) is 6.43. The topological polar surface area (TPSA) is 92.7 Å². The number of aromatic amines is 1. The summed E-state index contributed by atoms with van der Waals surface area (Å²) < 4.78 is 31.2. The molecule has 7 nitrogen and oxygen atoms in total. The predicted molar refractivity (Wildman–Crippen MR) is 121 cm³/mol.